The molecule has 2 rings (SSSR count). The Morgan fingerprint density at radius 2 is 1.88 bits per heavy atom. The first kappa shape index (κ1) is 14.2. The quantitative estimate of drug-likeness (QED) is 0.827. The summed E-state index contributed by atoms with van der Waals surface area (Å²) in [6.45, 7) is 8.59. The van der Waals surface area contributed by atoms with Crippen molar-refractivity contribution in [2.75, 3.05) is 13.1 Å². The number of nitrogens with one attached hydrogen (secondary N) is 1. The van der Waals surface area contributed by atoms with Crippen LogP contribution in [0.2, 0.25) is 0 Å². The van der Waals surface area contributed by atoms with Crippen molar-refractivity contribution < 1.29 is 0 Å². The maximum atomic E-state index is 3.47. The van der Waals surface area contributed by atoms with Crippen LogP contribution in [0.1, 0.15) is 57.1 Å². The van der Waals surface area contributed by atoms with Crippen LogP contribution in [0.3, 0.4) is 0 Å². The number of piperidine rings is 1. The van der Waals surface area contributed by atoms with Gasteiger partial charge in [0.2, 0.25) is 0 Å². The minimum absolute atomic E-state index is 0.745. The van der Waals surface area contributed by atoms with Crippen molar-refractivity contribution in [2.24, 2.45) is 0 Å². The van der Waals surface area contributed by atoms with Crippen LogP contribution in [0.4, 0.5) is 0 Å². The molecule has 1 aromatic rings. The fraction of sp³-hybridized carbons (Fsp3) is 0.625. The van der Waals surface area contributed by atoms with E-state index in [4.69, 9.17) is 0 Å². The zero-order chi connectivity index (χ0) is 12.5. The van der Waals surface area contributed by atoms with E-state index in [0.717, 1.165) is 12.5 Å². The summed E-state index contributed by atoms with van der Waals surface area (Å²) in [4.78, 5) is 0. The molecule has 1 fully saturated rings. The second-order valence-corrected chi connectivity index (χ2v) is 4.53. The third-order valence-corrected chi connectivity index (χ3v) is 3.29. The Morgan fingerprint density at radius 1 is 1.18 bits per heavy atom. The average Bonchev–Trinajstić information content (AvgIpc) is 2.43. The van der Waals surface area contributed by atoms with E-state index in [1.807, 2.05) is 13.8 Å². The highest BCUT2D eigenvalue weighted by Gasteiger charge is 2.14. The molecular formula is C16H27N. The summed E-state index contributed by atoms with van der Waals surface area (Å²) in [7, 11) is 0. The highest BCUT2D eigenvalue weighted by molar-refractivity contribution is 5.26. The van der Waals surface area contributed by atoms with Gasteiger partial charge in [0.1, 0.15) is 0 Å². The molecule has 0 bridgehead atoms. The van der Waals surface area contributed by atoms with Crippen molar-refractivity contribution in [1.29, 1.82) is 0 Å². The Bertz CT molecular complexity index is 283. The van der Waals surface area contributed by atoms with Gasteiger partial charge in [-0.05, 0) is 42.9 Å². The standard InChI is InChI=1S/C14H21N.C2H6/c1-2-4-12-6-8-13(9-7-12)14-5-3-10-15-11-14;1-2/h6-9,14-15H,2-5,10-11H2,1H3;1-2H3. The van der Waals surface area contributed by atoms with E-state index < -0.39 is 0 Å². The number of rotatable bonds is 3. The largest absolute Gasteiger partial charge is 0.316 e. The molecule has 1 atom stereocenters. The Balaban J connectivity index is 0.000000686. The van der Waals surface area contributed by atoms with Crippen LogP contribution in [-0.2, 0) is 6.42 Å². The molecule has 17 heavy (non-hydrogen) atoms. The van der Waals surface area contributed by atoms with Crippen molar-refractivity contribution in [1.82, 2.24) is 5.32 Å². The van der Waals surface area contributed by atoms with Gasteiger partial charge in [0, 0.05) is 6.54 Å². The Kier molecular flexibility index (Phi) is 6.95. The average molecular weight is 233 g/mol. The summed E-state index contributed by atoms with van der Waals surface area (Å²) < 4.78 is 0. The van der Waals surface area contributed by atoms with Crippen LogP contribution < -0.4 is 5.32 Å². The molecular weight excluding hydrogens is 206 g/mol. The molecule has 96 valence electrons. The highest BCUT2D eigenvalue weighted by Crippen LogP contribution is 2.23. The lowest BCUT2D eigenvalue weighted by Gasteiger charge is -2.23. The third kappa shape index (κ3) is 4.51. The topological polar surface area (TPSA) is 12.0 Å². The minimum Gasteiger partial charge on any atom is -0.316 e. The van der Waals surface area contributed by atoms with E-state index in [9.17, 15) is 0 Å². The molecule has 1 aromatic carbocycles. The maximum absolute atomic E-state index is 3.47. The second-order valence-electron chi connectivity index (χ2n) is 4.53. The molecule has 1 aliphatic heterocycles. The van der Waals surface area contributed by atoms with Crippen LogP contribution in [-0.4, -0.2) is 13.1 Å². The van der Waals surface area contributed by atoms with E-state index in [1.54, 1.807) is 0 Å². The monoisotopic (exact) mass is 233 g/mol. The fourth-order valence-electron chi connectivity index (χ4n) is 2.38. The van der Waals surface area contributed by atoms with Gasteiger partial charge in [0.15, 0.2) is 0 Å². The summed E-state index contributed by atoms with van der Waals surface area (Å²) >= 11 is 0. The summed E-state index contributed by atoms with van der Waals surface area (Å²) in [6, 6.07) is 9.24. The van der Waals surface area contributed by atoms with Gasteiger partial charge in [-0.2, -0.15) is 0 Å². The Morgan fingerprint density at radius 3 is 2.41 bits per heavy atom. The lowest BCUT2D eigenvalue weighted by atomic mass is 9.91. The number of benzene rings is 1. The normalized spacial score (nSPS) is 19.4. The van der Waals surface area contributed by atoms with Gasteiger partial charge in [-0.15, -0.1) is 0 Å². The van der Waals surface area contributed by atoms with E-state index >= 15 is 0 Å². The van der Waals surface area contributed by atoms with Gasteiger partial charge in [-0.25, -0.2) is 0 Å². The molecule has 1 saturated heterocycles. The van der Waals surface area contributed by atoms with Gasteiger partial charge < -0.3 is 5.32 Å². The van der Waals surface area contributed by atoms with Crippen molar-refractivity contribution in [3.63, 3.8) is 0 Å². The van der Waals surface area contributed by atoms with E-state index in [-0.39, 0.29) is 0 Å². The summed E-state index contributed by atoms with van der Waals surface area (Å²) in [5, 5.41) is 3.47. The number of hydrogen-bond acceptors (Lipinski definition) is 1. The maximum Gasteiger partial charge on any atom is 0.00201 e. The summed E-state index contributed by atoms with van der Waals surface area (Å²) in [5.74, 6) is 0.745. The molecule has 0 aromatic heterocycles. The minimum atomic E-state index is 0.745. The van der Waals surface area contributed by atoms with Crippen LogP contribution in [0.25, 0.3) is 0 Å². The third-order valence-electron chi connectivity index (χ3n) is 3.29. The SMILES string of the molecule is CC.CCCc1ccc(C2CCCNC2)cc1. The molecule has 0 radical (unpaired) electrons. The zero-order valence-corrected chi connectivity index (χ0v) is 11.6. The molecule has 0 amide bonds. The first-order valence-corrected chi connectivity index (χ1v) is 7.19. The van der Waals surface area contributed by atoms with Crippen molar-refractivity contribution >= 4 is 0 Å². The van der Waals surface area contributed by atoms with E-state index in [1.165, 1.54) is 43.4 Å². The molecule has 1 heteroatoms. The molecule has 0 spiro atoms. The summed E-state index contributed by atoms with van der Waals surface area (Å²) in [5.41, 5.74) is 2.99. The van der Waals surface area contributed by atoms with E-state index in [2.05, 4.69) is 36.5 Å². The van der Waals surface area contributed by atoms with Crippen LogP contribution in [0.15, 0.2) is 24.3 Å². The predicted molar refractivity (Wildman–Crippen MR) is 76.6 cm³/mol. The molecule has 1 heterocycles. The van der Waals surface area contributed by atoms with E-state index in [0.29, 0.717) is 0 Å². The number of hydrogen-bond donors (Lipinski definition) is 1. The molecule has 1 unspecified atom stereocenters. The molecule has 1 aliphatic rings. The predicted octanol–water partition coefficient (Wildman–Crippen LogP) is 4.13. The van der Waals surface area contributed by atoms with Crippen LogP contribution in [0.5, 0.6) is 0 Å². The second kappa shape index (κ2) is 8.30. The van der Waals surface area contributed by atoms with Crippen LogP contribution >= 0.6 is 0 Å². The Hall–Kier alpha value is -0.820. The first-order chi connectivity index (χ1) is 8.40. The van der Waals surface area contributed by atoms with Crippen LogP contribution in [0, 0.1) is 0 Å². The van der Waals surface area contributed by atoms with Crippen molar-refractivity contribution in [2.45, 2.75) is 52.4 Å². The summed E-state index contributed by atoms with van der Waals surface area (Å²) in [6.07, 6.45) is 5.12. The highest BCUT2D eigenvalue weighted by atomic mass is 14.9. The fourth-order valence-corrected chi connectivity index (χ4v) is 2.38. The first-order valence-electron chi connectivity index (χ1n) is 7.19. The molecule has 1 N–H and O–H groups in total. The van der Waals surface area contributed by atoms with Gasteiger partial charge in [0.05, 0.1) is 0 Å². The van der Waals surface area contributed by atoms with Crippen molar-refractivity contribution in [3.8, 4) is 0 Å². The molecule has 0 aliphatic carbocycles. The molecule has 0 saturated carbocycles. The van der Waals surface area contributed by atoms with Gasteiger partial charge >= 0.3 is 0 Å². The van der Waals surface area contributed by atoms with Crippen molar-refractivity contribution in [3.05, 3.63) is 35.4 Å². The van der Waals surface area contributed by atoms with Gasteiger partial charge in [0.25, 0.3) is 0 Å². The molecule has 1 nitrogen and oxygen atoms in total. The lowest BCUT2D eigenvalue weighted by Crippen LogP contribution is -2.28. The van der Waals surface area contributed by atoms with Gasteiger partial charge in [-0.1, -0.05) is 51.5 Å². The number of aryl methyl sites for hydroxylation is 1. The van der Waals surface area contributed by atoms with Gasteiger partial charge in [-0.3, -0.25) is 0 Å². The smallest absolute Gasteiger partial charge is 0.00201 e. The lowest BCUT2D eigenvalue weighted by molar-refractivity contribution is 0.461. The zero-order valence-electron chi connectivity index (χ0n) is 11.6. The Labute approximate surface area is 107 Å².